The summed E-state index contributed by atoms with van der Waals surface area (Å²) >= 11 is 10.1. The van der Waals surface area contributed by atoms with E-state index in [2.05, 4.69) is 29.8 Å². The molecule has 93 heavy (non-hydrogen) atoms. The molecule has 4 fully saturated rings. The minimum atomic E-state index is -4.30. The first-order valence-corrected chi connectivity index (χ1v) is 35.7. The van der Waals surface area contributed by atoms with Gasteiger partial charge < -0.3 is 44.4 Å². The third-order valence-electron chi connectivity index (χ3n) is 13.8. The highest BCUT2D eigenvalue weighted by atomic mass is 35.9. The molecule has 0 saturated carbocycles. The number of methoxy groups -OCH3 is 1. The Kier molecular flexibility index (Phi) is 22.8. The van der Waals surface area contributed by atoms with Crippen LogP contribution in [0.4, 0.5) is 29.5 Å². The number of aromatic nitrogens is 8. The number of nitrogens with two attached hydrogens (primary N) is 1. The summed E-state index contributed by atoms with van der Waals surface area (Å²) in [6.45, 7) is 17.7. The van der Waals surface area contributed by atoms with Crippen molar-refractivity contribution in [1.29, 1.82) is 0 Å². The summed E-state index contributed by atoms with van der Waals surface area (Å²) in [5.41, 5.74) is 2.63. The highest BCUT2D eigenvalue weighted by Gasteiger charge is 2.72. The van der Waals surface area contributed by atoms with Gasteiger partial charge in [0, 0.05) is 6.10 Å². The van der Waals surface area contributed by atoms with Gasteiger partial charge in [0.15, 0.2) is 58.3 Å². The third-order valence-corrected chi connectivity index (χ3v) is 18.1. The normalized spacial score (nSPS) is 27.6. The lowest BCUT2D eigenvalue weighted by Crippen LogP contribution is -2.51. The predicted octanol–water partition coefficient (Wildman–Crippen LogP) is 13.6. The molecule has 3 aromatic carbocycles. The number of hydrogen-bond donors (Lipinski definition) is 3. The Bertz CT molecular complexity index is 3790. The molecule has 4 aromatic heterocycles. The number of aliphatic hydroxyl groups is 1. The number of phosphoric acid groups is 2. The van der Waals surface area contributed by atoms with Crippen LogP contribution in [0.3, 0.4) is 0 Å². The molecule has 510 valence electrons. The van der Waals surface area contributed by atoms with Crippen LogP contribution in [0.1, 0.15) is 112 Å². The zero-order chi connectivity index (χ0) is 68.3. The molecule has 4 aliphatic rings. The quantitative estimate of drug-likeness (QED) is 0.0408. The number of benzene rings is 3. The Morgan fingerprint density at radius 3 is 1.46 bits per heavy atom. The van der Waals surface area contributed by atoms with Gasteiger partial charge in [0.2, 0.25) is 23.7 Å². The molecule has 4 N–H and O–H groups in total. The fourth-order valence-electron chi connectivity index (χ4n) is 10.4. The number of phosphoric ester groups is 2. The van der Waals surface area contributed by atoms with Gasteiger partial charge in [-0.05, 0) is 134 Å². The first kappa shape index (κ1) is 73.2. The van der Waals surface area contributed by atoms with Crippen LogP contribution < -0.4 is 25.3 Å². The molecule has 0 aliphatic carbocycles. The topological polar surface area (TPSA) is 307 Å². The molecule has 4 saturated heterocycles. The Hall–Kier alpha value is -5.65. The number of anilines is 2. The van der Waals surface area contributed by atoms with Crippen LogP contribution in [0.5, 0.6) is 17.5 Å². The van der Waals surface area contributed by atoms with Gasteiger partial charge in [-0.1, -0.05) is 72.8 Å². The van der Waals surface area contributed by atoms with Crippen LogP contribution in [0, 0.1) is 0 Å². The molecule has 2 unspecified atom stereocenters. The van der Waals surface area contributed by atoms with E-state index in [0.717, 1.165) is 35.1 Å². The van der Waals surface area contributed by atoms with Crippen LogP contribution >= 0.6 is 44.2 Å². The van der Waals surface area contributed by atoms with Crippen LogP contribution in [0.15, 0.2) is 97.6 Å². The first-order chi connectivity index (χ1) is 43.6. The van der Waals surface area contributed by atoms with E-state index in [1.165, 1.54) is 17.2 Å². The van der Waals surface area contributed by atoms with Crippen molar-refractivity contribution in [2.45, 2.75) is 161 Å². The maximum atomic E-state index is 16.9. The van der Waals surface area contributed by atoms with Gasteiger partial charge >= 0.3 is 21.7 Å². The minimum Gasteiger partial charge on any atom is -0.497 e. The number of nitrogens with one attached hydrogen (secondary N) is 1. The zero-order valence-electron chi connectivity index (χ0n) is 53.0. The van der Waals surface area contributed by atoms with Gasteiger partial charge in [-0.3, -0.25) is 40.8 Å². The second-order valence-corrected chi connectivity index (χ2v) is 30.2. The van der Waals surface area contributed by atoms with Gasteiger partial charge in [0.1, 0.15) is 24.5 Å². The number of imidazole rings is 2. The van der Waals surface area contributed by atoms with Crippen LogP contribution in [0.25, 0.3) is 22.3 Å². The van der Waals surface area contributed by atoms with E-state index in [0.29, 0.717) is 5.75 Å². The smallest absolute Gasteiger partial charge is 0.475 e. The second-order valence-electron chi connectivity index (χ2n) is 22.8. The van der Waals surface area contributed by atoms with Gasteiger partial charge in [-0.2, -0.15) is 19.9 Å². The number of ether oxygens (including phenoxy) is 5. The van der Waals surface area contributed by atoms with Crippen LogP contribution in [0.2, 0.25) is 0 Å². The van der Waals surface area contributed by atoms with E-state index in [-0.39, 0.29) is 71.4 Å². The average Bonchev–Trinajstić information content (AvgIpc) is 1.60. The molecular weight excluding hydrogens is 1330 g/mol. The van der Waals surface area contributed by atoms with E-state index in [1.54, 1.807) is 76.3 Å². The number of alkyl halides is 4. The van der Waals surface area contributed by atoms with E-state index < -0.39 is 100 Å². The summed E-state index contributed by atoms with van der Waals surface area (Å²) in [6.07, 6.45) is -9.43. The number of fused-ring (bicyclic) bond motifs is 4. The van der Waals surface area contributed by atoms with E-state index in [9.17, 15) is 13.7 Å². The lowest BCUT2D eigenvalue weighted by atomic mass is 9.77. The van der Waals surface area contributed by atoms with Crippen LogP contribution in [-0.2, 0) is 60.4 Å². The van der Waals surface area contributed by atoms with Crippen LogP contribution in [-0.4, -0.2) is 137 Å². The molecule has 0 amide bonds. The highest BCUT2D eigenvalue weighted by molar-refractivity contribution is 8.05. The lowest BCUT2D eigenvalue weighted by Gasteiger charge is -2.37. The van der Waals surface area contributed by atoms with Gasteiger partial charge in [0.25, 0.3) is 11.7 Å². The molecule has 0 bridgehead atoms. The molecule has 4 aliphatic heterocycles. The standard InChI is InChI=1S/C36H38F2N5O7P.C16H22F2N5O6P.C3H7Cl2O2P.C3H8O/c1-6-46-30-28-29(43(22-39-28)32-34(4,37)31-35(38,48-32)21-47-51(44,50-31)49-23(2)3)40-33(41-30)42-36(24-13-9-7-10-14-24,25-15-11-8-12-16-25)26-17-19-27(45-5)20-18-26;1-5-25-11-9-10(21-14(19)22-11)23(7-20-9)13-15(4,17)12-16(18,27-13)6-26-30(24,29-12)28-8(2)3;1-3(2)7-8(4,5)6;1-3(2)4/h7-20,22-23,31-32H,6,21H2,1-5H3,(H,40,41,42);7-8,12-13H,5-6H2,1-4H3,(H2,19,21,22);3H,1-2H3;3-4H,1-2H3/t31-,32+,34+,35+,51?;12-,13+,15+,16+,30?;;/m00../s1. The monoisotopic (exact) mass is 1410 g/mol. The molecule has 26 nitrogen and oxygen atoms in total. The summed E-state index contributed by atoms with van der Waals surface area (Å²) in [5, 5.41) is 11.6. The lowest BCUT2D eigenvalue weighted by molar-refractivity contribution is -0.220. The summed E-state index contributed by atoms with van der Waals surface area (Å²) in [5.74, 6) is -4.70. The summed E-state index contributed by atoms with van der Waals surface area (Å²) < 4.78 is 167. The zero-order valence-corrected chi connectivity index (χ0v) is 57.2. The Morgan fingerprint density at radius 2 is 1.09 bits per heavy atom. The number of halogens is 6. The molecular formula is C58H75Cl2F4N10O16P3. The minimum absolute atomic E-state index is 0.0737. The number of hydrogen-bond acceptors (Lipinski definition) is 24. The Balaban J connectivity index is 0.000000222. The van der Waals surface area contributed by atoms with Crippen molar-refractivity contribution < 1.29 is 91.7 Å². The molecule has 11 rings (SSSR count). The van der Waals surface area contributed by atoms with Gasteiger partial charge in [0.05, 0.1) is 51.3 Å². The summed E-state index contributed by atoms with van der Waals surface area (Å²) in [7, 11) is -6.89. The van der Waals surface area contributed by atoms with Crippen molar-refractivity contribution in [3.63, 3.8) is 0 Å². The number of rotatable bonds is 18. The molecule has 0 spiro atoms. The largest absolute Gasteiger partial charge is 0.497 e. The van der Waals surface area contributed by atoms with Gasteiger partial charge in [-0.25, -0.2) is 36.7 Å². The van der Waals surface area contributed by atoms with Crippen molar-refractivity contribution in [2.24, 2.45) is 0 Å². The van der Waals surface area contributed by atoms with Crippen molar-refractivity contribution in [3.05, 3.63) is 114 Å². The summed E-state index contributed by atoms with van der Waals surface area (Å²) in [6, 6.07) is 27.2. The Morgan fingerprint density at radius 1 is 0.677 bits per heavy atom. The maximum Gasteiger partial charge on any atom is 0.475 e. The fraction of sp³-hybridized carbons (Fsp3) is 0.517. The second kappa shape index (κ2) is 29.0. The summed E-state index contributed by atoms with van der Waals surface area (Å²) in [4.78, 5) is 26.2. The SMILES string of the molecule is CC(C)O.CC(C)OP(=O)(Cl)Cl.CCOc1nc(N)nc2c1ncn2[C@@H]1O[C@]2(F)COP(=O)(OC(C)C)O[C@H]2[C@@]1(C)F.CCOc1nc(NC(c2ccccc2)(c2ccccc2)c2ccc(OC)cc2)nc2c1ncn2[C@@H]1O[C@]2(F)COP(=O)(OC(C)C)O[C@H]2[C@@]1(C)F. The van der Waals surface area contributed by atoms with Crippen molar-refractivity contribution in [2.75, 3.05) is 44.6 Å². The third kappa shape index (κ3) is 16.3. The van der Waals surface area contributed by atoms with Crippen molar-refractivity contribution >= 4 is 78.4 Å². The molecule has 35 heteroatoms. The molecule has 0 radical (unpaired) electrons. The predicted molar refractivity (Wildman–Crippen MR) is 336 cm³/mol. The molecule has 7 aromatic rings. The van der Waals surface area contributed by atoms with Crippen molar-refractivity contribution in [3.8, 4) is 17.5 Å². The highest BCUT2D eigenvalue weighted by Crippen LogP contribution is 2.65. The number of aliphatic hydroxyl groups excluding tert-OH is 1. The maximum absolute atomic E-state index is 16.9. The first-order valence-electron chi connectivity index (χ1n) is 29.3. The fourth-order valence-corrected chi connectivity index (χ4v) is 15.1. The number of nitrogens with zero attached hydrogens (tertiary/aromatic N) is 8. The molecule has 8 heterocycles. The Labute approximate surface area is 543 Å². The van der Waals surface area contributed by atoms with Gasteiger partial charge in [-0.15, -0.1) is 0 Å². The van der Waals surface area contributed by atoms with Crippen molar-refractivity contribution in [1.82, 2.24) is 39.0 Å². The van der Waals surface area contributed by atoms with E-state index in [4.69, 9.17) is 94.1 Å². The average molecular weight is 1410 g/mol. The van der Waals surface area contributed by atoms with E-state index >= 15 is 17.6 Å². The number of nitrogen functional groups attached to an aromatic ring is 1. The van der Waals surface area contributed by atoms with E-state index in [1.807, 2.05) is 84.9 Å². The molecule has 10 atom stereocenters.